The molecule has 1 fully saturated rings. The molecule has 1 aliphatic heterocycles. The van der Waals surface area contributed by atoms with E-state index in [1.165, 1.54) is 12.1 Å². The van der Waals surface area contributed by atoms with Crippen LogP contribution in [0.1, 0.15) is 28.8 Å². The van der Waals surface area contributed by atoms with E-state index in [1.807, 2.05) is 30.3 Å². The van der Waals surface area contributed by atoms with Crippen LogP contribution in [0.2, 0.25) is 0 Å². The Balaban J connectivity index is 1.83. The lowest BCUT2D eigenvalue weighted by Crippen LogP contribution is -2.26. The minimum absolute atomic E-state index is 0.00844. The quantitative estimate of drug-likeness (QED) is 0.783. The first-order chi connectivity index (χ1) is 12.1. The maximum absolute atomic E-state index is 11.4. The molecule has 3 N–H and O–H groups in total. The first kappa shape index (κ1) is 17.1. The molecule has 0 amide bonds. The van der Waals surface area contributed by atoms with Gasteiger partial charge in [-0.2, -0.15) is 0 Å². The van der Waals surface area contributed by atoms with Crippen LogP contribution in [-0.4, -0.2) is 30.4 Å². The predicted molar refractivity (Wildman–Crippen MR) is 93.1 cm³/mol. The third-order valence-electron chi connectivity index (χ3n) is 4.05. The molecule has 0 spiro atoms. The van der Waals surface area contributed by atoms with Gasteiger partial charge >= 0.3 is 5.97 Å². The first-order valence-electron chi connectivity index (χ1n) is 8.21. The predicted octanol–water partition coefficient (Wildman–Crippen LogP) is 3.10. The van der Waals surface area contributed by atoms with Gasteiger partial charge in [-0.1, -0.05) is 30.3 Å². The van der Waals surface area contributed by atoms with Crippen molar-refractivity contribution in [1.29, 1.82) is 0 Å². The number of hydrogen-bond donors (Lipinski definition) is 2. The fourth-order valence-corrected chi connectivity index (χ4v) is 2.67. The van der Waals surface area contributed by atoms with E-state index in [2.05, 4.69) is 0 Å². The van der Waals surface area contributed by atoms with Gasteiger partial charge in [-0.05, 0) is 5.56 Å². The highest BCUT2D eigenvalue weighted by Gasteiger charge is 2.20. The molecule has 25 heavy (non-hydrogen) atoms. The van der Waals surface area contributed by atoms with Gasteiger partial charge in [0.05, 0.1) is 24.5 Å². The van der Waals surface area contributed by atoms with Crippen LogP contribution < -0.4 is 15.2 Å². The van der Waals surface area contributed by atoms with Crippen LogP contribution in [-0.2, 0) is 11.3 Å². The molecule has 2 aromatic rings. The van der Waals surface area contributed by atoms with Crippen LogP contribution >= 0.6 is 0 Å². The summed E-state index contributed by atoms with van der Waals surface area (Å²) in [6.45, 7) is 1.61. The topological polar surface area (TPSA) is 91.0 Å². The van der Waals surface area contributed by atoms with E-state index in [-0.39, 0.29) is 17.4 Å². The fourth-order valence-electron chi connectivity index (χ4n) is 2.67. The van der Waals surface area contributed by atoms with Crippen LogP contribution in [0.25, 0.3) is 0 Å². The van der Waals surface area contributed by atoms with Gasteiger partial charge in [0.15, 0.2) is 11.5 Å². The molecule has 3 rings (SSSR count). The maximum Gasteiger partial charge on any atom is 0.337 e. The first-order valence-corrected chi connectivity index (χ1v) is 8.21. The van der Waals surface area contributed by atoms with Crippen molar-refractivity contribution in [2.45, 2.75) is 25.6 Å². The van der Waals surface area contributed by atoms with Crippen molar-refractivity contribution in [2.75, 3.05) is 18.9 Å². The molecule has 1 saturated heterocycles. The van der Waals surface area contributed by atoms with Gasteiger partial charge in [-0.3, -0.25) is 0 Å². The van der Waals surface area contributed by atoms with E-state index >= 15 is 0 Å². The van der Waals surface area contributed by atoms with Gasteiger partial charge < -0.3 is 25.1 Å². The summed E-state index contributed by atoms with van der Waals surface area (Å²) in [4.78, 5) is 11.4. The number of benzene rings is 2. The Morgan fingerprint density at radius 2 is 1.88 bits per heavy atom. The zero-order valence-corrected chi connectivity index (χ0v) is 13.8. The summed E-state index contributed by atoms with van der Waals surface area (Å²) < 4.78 is 17.2. The van der Waals surface area contributed by atoms with E-state index in [1.54, 1.807) is 0 Å². The smallest absolute Gasteiger partial charge is 0.337 e. The average molecular weight is 343 g/mol. The highest BCUT2D eigenvalue weighted by atomic mass is 16.5. The van der Waals surface area contributed by atoms with Gasteiger partial charge in [0.25, 0.3) is 0 Å². The van der Waals surface area contributed by atoms with E-state index < -0.39 is 5.97 Å². The molecule has 0 atom stereocenters. The average Bonchev–Trinajstić information content (AvgIpc) is 2.63. The van der Waals surface area contributed by atoms with Gasteiger partial charge in [-0.25, -0.2) is 4.79 Å². The number of nitrogen functional groups attached to an aromatic ring is 1. The minimum Gasteiger partial charge on any atom is -0.486 e. The third-order valence-corrected chi connectivity index (χ3v) is 4.05. The van der Waals surface area contributed by atoms with E-state index in [4.69, 9.17) is 19.9 Å². The zero-order valence-electron chi connectivity index (χ0n) is 13.8. The largest absolute Gasteiger partial charge is 0.486 e. The standard InChI is InChI=1S/C19H21NO5/c20-16-11-17(24-12-13-4-2-1-3-5-13)18(10-15(16)19(21)22)25-14-6-8-23-9-7-14/h1-5,10-11,14H,6-9,12,20H2,(H,21,22). The normalized spacial score (nSPS) is 14.9. The highest BCUT2D eigenvalue weighted by Crippen LogP contribution is 2.35. The second-order valence-corrected chi connectivity index (χ2v) is 5.90. The molecule has 1 aliphatic rings. The molecular formula is C19H21NO5. The number of carboxylic acids is 1. The molecule has 0 unspecified atom stereocenters. The van der Waals surface area contributed by atoms with Crippen molar-refractivity contribution in [3.63, 3.8) is 0 Å². The summed E-state index contributed by atoms with van der Waals surface area (Å²) in [7, 11) is 0. The molecule has 1 heterocycles. The molecule has 0 radical (unpaired) electrons. The number of anilines is 1. The number of hydrogen-bond acceptors (Lipinski definition) is 5. The number of aromatic carboxylic acids is 1. The van der Waals surface area contributed by atoms with Gasteiger partial charge in [-0.15, -0.1) is 0 Å². The van der Waals surface area contributed by atoms with Crippen molar-refractivity contribution in [3.05, 3.63) is 53.6 Å². The minimum atomic E-state index is -1.09. The number of carboxylic acid groups (broad SMARTS) is 1. The van der Waals surface area contributed by atoms with Crippen LogP contribution in [0, 0.1) is 0 Å². The van der Waals surface area contributed by atoms with Crippen LogP contribution in [0.3, 0.4) is 0 Å². The van der Waals surface area contributed by atoms with Crippen molar-refractivity contribution >= 4 is 11.7 Å². The number of ether oxygens (including phenoxy) is 3. The second-order valence-electron chi connectivity index (χ2n) is 5.90. The van der Waals surface area contributed by atoms with Crippen LogP contribution in [0.5, 0.6) is 11.5 Å². The Morgan fingerprint density at radius 3 is 2.56 bits per heavy atom. The molecule has 2 aromatic carbocycles. The zero-order chi connectivity index (χ0) is 17.6. The second kappa shape index (κ2) is 7.90. The molecule has 0 bridgehead atoms. The summed E-state index contributed by atoms with van der Waals surface area (Å²) in [5, 5.41) is 9.30. The van der Waals surface area contributed by atoms with Crippen molar-refractivity contribution in [2.24, 2.45) is 0 Å². The molecule has 6 heteroatoms. The molecular weight excluding hydrogens is 322 g/mol. The molecule has 6 nitrogen and oxygen atoms in total. The van der Waals surface area contributed by atoms with Gasteiger partial charge in [0, 0.05) is 25.0 Å². The monoisotopic (exact) mass is 343 g/mol. The molecule has 0 saturated carbocycles. The van der Waals surface area contributed by atoms with Crippen molar-refractivity contribution in [3.8, 4) is 11.5 Å². The van der Waals surface area contributed by atoms with E-state index in [0.29, 0.717) is 31.3 Å². The lowest BCUT2D eigenvalue weighted by Gasteiger charge is -2.25. The van der Waals surface area contributed by atoms with E-state index in [9.17, 15) is 9.90 Å². The summed E-state index contributed by atoms with van der Waals surface area (Å²) >= 11 is 0. The van der Waals surface area contributed by atoms with E-state index in [0.717, 1.165) is 18.4 Å². The summed E-state index contributed by atoms with van der Waals surface area (Å²) in [6.07, 6.45) is 1.48. The van der Waals surface area contributed by atoms with Gasteiger partial charge in [0.1, 0.15) is 12.7 Å². The maximum atomic E-state index is 11.4. The van der Waals surface area contributed by atoms with Gasteiger partial charge in [0.2, 0.25) is 0 Å². The number of carbonyl (C=O) groups is 1. The molecule has 0 aliphatic carbocycles. The Labute approximate surface area is 146 Å². The van der Waals surface area contributed by atoms with Crippen molar-refractivity contribution in [1.82, 2.24) is 0 Å². The Kier molecular flexibility index (Phi) is 5.40. The summed E-state index contributed by atoms with van der Waals surface area (Å²) in [6, 6.07) is 12.7. The Hall–Kier alpha value is -2.73. The SMILES string of the molecule is Nc1cc(OCc2ccccc2)c(OC2CCOCC2)cc1C(=O)O. The lowest BCUT2D eigenvalue weighted by molar-refractivity contribution is 0.0241. The number of nitrogens with two attached hydrogens (primary N) is 1. The van der Waals surface area contributed by atoms with Crippen molar-refractivity contribution < 1.29 is 24.1 Å². The lowest BCUT2D eigenvalue weighted by atomic mass is 10.1. The Bertz CT molecular complexity index is 726. The van der Waals surface area contributed by atoms with Crippen LogP contribution in [0.15, 0.2) is 42.5 Å². The fraction of sp³-hybridized carbons (Fsp3) is 0.316. The molecule has 132 valence electrons. The highest BCUT2D eigenvalue weighted by molar-refractivity contribution is 5.94. The third kappa shape index (κ3) is 4.42. The summed E-state index contributed by atoms with van der Waals surface area (Å²) in [5.74, 6) is -0.254. The number of rotatable bonds is 6. The molecule has 0 aromatic heterocycles. The van der Waals surface area contributed by atoms with Crippen LogP contribution in [0.4, 0.5) is 5.69 Å². The summed E-state index contributed by atoms with van der Waals surface area (Å²) in [5.41, 5.74) is 7.01. The Morgan fingerprint density at radius 1 is 1.16 bits per heavy atom.